The molecule has 5 heteroatoms. The molecule has 0 bridgehead atoms. The highest BCUT2D eigenvalue weighted by molar-refractivity contribution is 6.00. The molecule has 1 N–H and O–H groups in total. The van der Waals surface area contributed by atoms with Crippen LogP contribution in [0.15, 0.2) is 35.6 Å². The summed E-state index contributed by atoms with van der Waals surface area (Å²) in [6.45, 7) is 4.50. The van der Waals surface area contributed by atoms with Gasteiger partial charge in [-0.1, -0.05) is 0 Å². The zero-order valence-electron chi connectivity index (χ0n) is 11.8. The van der Waals surface area contributed by atoms with Crippen molar-refractivity contribution in [2.45, 2.75) is 13.5 Å². The van der Waals surface area contributed by atoms with Crippen molar-refractivity contribution in [2.24, 2.45) is 4.99 Å². The molecular weight excluding hydrogens is 252 g/mol. The fraction of sp³-hybridized carbons (Fsp3) is 0.333. The minimum Gasteiger partial charge on any atom is -0.496 e. The number of aliphatic imine (C=N–C) groups is 1. The lowest BCUT2D eigenvalue weighted by Crippen LogP contribution is -2.19. The van der Waals surface area contributed by atoms with E-state index in [0.717, 1.165) is 48.2 Å². The van der Waals surface area contributed by atoms with Crippen molar-refractivity contribution in [3.05, 3.63) is 47.5 Å². The number of aryl methyl sites for hydroxylation is 1. The van der Waals surface area contributed by atoms with Crippen LogP contribution in [-0.2, 0) is 6.54 Å². The van der Waals surface area contributed by atoms with E-state index in [2.05, 4.69) is 25.9 Å². The topological polar surface area (TPSA) is 51.4 Å². The molecule has 2 heterocycles. The summed E-state index contributed by atoms with van der Waals surface area (Å²) in [5.41, 5.74) is 2.23. The van der Waals surface area contributed by atoms with Crippen molar-refractivity contribution in [3.63, 3.8) is 0 Å². The molecule has 0 spiro atoms. The Morgan fingerprint density at radius 3 is 2.95 bits per heavy atom. The monoisotopic (exact) mass is 270 g/mol. The largest absolute Gasteiger partial charge is 0.496 e. The van der Waals surface area contributed by atoms with Crippen molar-refractivity contribution in [1.29, 1.82) is 0 Å². The normalized spacial score (nSPS) is 14.0. The number of methoxy groups -OCH3 is 1. The highest BCUT2D eigenvalue weighted by Crippen LogP contribution is 2.22. The Kier molecular flexibility index (Phi) is 3.41. The molecule has 0 aliphatic carbocycles. The Morgan fingerprint density at radius 1 is 1.40 bits per heavy atom. The quantitative estimate of drug-likeness (QED) is 0.918. The van der Waals surface area contributed by atoms with Gasteiger partial charge in [0.2, 0.25) is 0 Å². The zero-order chi connectivity index (χ0) is 13.9. The minimum atomic E-state index is 0.746. The van der Waals surface area contributed by atoms with E-state index in [9.17, 15) is 0 Å². The van der Waals surface area contributed by atoms with Crippen LogP contribution >= 0.6 is 0 Å². The Labute approximate surface area is 118 Å². The molecule has 1 aliphatic rings. The second kappa shape index (κ2) is 5.36. The molecule has 2 aromatic rings. The fourth-order valence-corrected chi connectivity index (χ4v) is 2.40. The number of nitrogens with zero attached hydrogens (tertiary/aromatic N) is 3. The summed E-state index contributed by atoms with van der Waals surface area (Å²) in [6, 6.07) is 6.18. The highest BCUT2D eigenvalue weighted by atomic mass is 16.5. The highest BCUT2D eigenvalue weighted by Gasteiger charge is 2.12. The van der Waals surface area contributed by atoms with Gasteiger partial charge in [-0.05, 0) is 25.1 Å². The molecule has 1 aromatic carbocycles. The van der Waals surface area contributed by atoms with E-state index in [-0.39, 0.29) is 0 Å². The van der Waals surface area contributed by atoms with Crippen molar-refractivity contribution >= 4 is 5.84 Å². The van der Waals surface area contributed by atoms with E-state index in [0.29, 0.717) is 0 Å². The van der Waals surface area contributed by atoms with Gasteiger partial charge in [0.15, 0.2) is 0 Å². The van der Waals surface area contributed by atoms with E-state index in [1.54, 1.807) is 7.11 Å². The van der Waals surface area contributed by atoms with Gasteiger partial charge in [0.05, 0.1) is 20.2 Å². The van der Waals surface area contributed by atoms with Gasteiger partial charge in [0.1, 0.15) is 17.4 Å². The SMILES string of the molecule is COc1ccc(C2=NCCN2)cc1Cn1ccnc1C. The molecule has 0 saturated carbocycles. The molecule has 5 nitrogen and oxygen atoms in total. The fourth-order valence-electron chi connectivity index (χ4n) is 2.40. The van der Waals surface area contributed by atoms with E-state index in [1.807, 2.05) is 31.5 Å². The maximum absolute atomic E-state index is 5.46. The summed E-state index contributed by atoms with van der Waals surface area (Å²) in [7, 11) is 1.70. The smallest absolute Gasteiger partial charge is 0.128 e. The maximum atomic E-state index is 5.46. The first kappa shape index (κ1) is 12.7. The molecule has 0 amide bonds. The Morgan fingerprint density at radius 2 is 2.30 bits per heavy atom. The van der Waals surface area contributed by atoms with E-state index in [4.69, 9.17) is 4.74 Å². The van der Waals surface area contributed by atoms with Crippen LogP contribution < -0.4 is 10.1 Å². The Balaban J connectivity index is 1.94. The van der Waals surface area contributed by atoms with Gasteiger partial charge >= 0.3 is 0 Å². The minimum absolute atomic E-state index is 0.746. The number of hydrogen-bond acceptors (Lipinski definition) is 4. The van der Waals surface area contributed by atoms with Gasteiger partial charge in [0, 0.05) is 30.1 Å². The average molecular weight is 270 g/mol. The van der Waals surface area contributed by atoms with Crippen LogP contribution in [0.1, 0.15) is 17.0 Å². The van der Waals surface area contributed by atoms with Crippen molar-refractivity contribution < 1.29 is 4.74 Å². The molecule has 1 aromatic heterocycles. The molecule has 0 atom stereocenters. The summed E-state index contributed by atoms with van der Waals surface area (Å²) in [5, 5.41) is 3.30. The lowest BCUT2D eigenvalue weighted by atomic mass is 10.1. The first-order valence-electron chi connectivity index (χ1n) is 6.71. The van der Waals surface area contributed by atoms with Crippen molar-refractivity contribution in [1.82, 2.24) is 14.9 Å². The third kappa shape index (κ3) is 2.39. The first-order valence-corrected chi connectivity index (χ1v) is 6.71. The predicted octanol–water partition coefficient (Wildman–Crippen LogP) is 1.60. The number of nitrogens with one attached hydrogen (secondary N) is 1. The number of hydrogen-bond donors (Lipinski definition) is 1. The lowest BCUT2D eigenvalue weighted by Gasteiger charge is -2.12. The van der Waals surface area contributed by atoms with Gasteiger partial charge in [-0.3, -0.25) is 4.99 Å². The Hall–Kier alpha value is -2.30. The lowest BCUT2D eigenvalue weighted by molar-refractivity contribution is 0.408. The molecule has 0 fully saturated rings. The van der Waals surface area contributed by atoms with Crippen molar-refractivity contribution in [2.75, 3.05) is 20.2 Å². The second-order valence-electron chi connectivity index (χ2n) is 4.79. The number of benzene rings is 1. The summed E-state index contributed by atoms with van der Waals surface area (Å²) in [4.78, 5) is 8.72. The van der Waals surface area contributed by atoms with Gasteiger partial charge < -0.3 is 14.6 Å². The molecule has 3 rings (SSSR count). The van der Waals surface area contributed by atoms with Crippen LogP contribution in [0.3, 0.4) is 0 Å². The summed E-state index contributed by atoms with van der Waals surface area (Å²) < 4.78 is 7.56. The van der Waals surface area contributed by atoms with Crippen LogP contribution in [0.4, 0.5) is 0 Å². The van der Waals surface area contributed by atoms with Gasteiger partial charge in [-0.15, -0.1) is 0 Å². The molecule has 1 aliphatic heterocycles. The standard InChI is InChI=1S/C15H18N4O/c1-11-16-7-8-19(11)10-13-9-12(3-4-14(13)20-2)15-17-5-6-18-15/h3-4,7-9H,5-6,10H2,1-2H3,(H,17,18). The van der Waals surface area contributed by atoms with E-state index in [1.165, 1.54) is 0 Å². The van der Waals surface area contributed by atoms with Crippen LogP contribution in [0.25, 0.3) is 0 Å². The van der Waals surface area contributed by atoms with Gasteiger partial charge in [-0.25, -0.2) is 4.98 Å². The van der Waals surface area contributed by atoms with Crippen molar-refractivity contribution in [3.8, 4) is 5.75 Å². The van der Waals surface area contributed by atoms with Crippen LogP contribution in [0, 0.1) is 6.92 Å². The van der Waals surface area contributed by atoms with Crippen LogP contribution in [0.2, 0.25) is 0 Å². The van der Waals surface area contributed by atoms with Gasteiger partial charge in [-0.2, -0.15) is 0 Å². The maximum Gasteiger partial charge on any atom is 0.128 e. The Bertz CT molecular complexity index is 645. The van der Waals surface area contributed by atoms with Crippen LogP contribution in [-0.4, -0.2) is 35.6 Å². The molecule has 0 radical (unpaired) electrons. The van der Waals surface area contributed by atoms with E-state index < -0.39 is 0 Å². The molecule has 104 valence electrons. The van der Waals surface area contributed by atoms with Crippen LogP contribution in [0.5, 0.6) is 5.75 Å². The molecule has 0 unspecified atom stereocenters. The second-order valence-corrected chi connectivity index (χ2v) is 4.79. The number of ether oxygens (including phenoxy) is 1. The zero-order valence-corrected chi connectivity index (χ0v) is 11.8. The molecule has 20 heavy (non-hydrogen) atoms. The molecular formula is C15H18N4O. The molecule has 0 saturated heterocycles. The first-order chi connectivity index (χ1) is 9.78. The summed E-state index contributed by atoms with van der Waals surface area (Å²) in [5.74, 6) is 2.85. The summed E-state index contributed by atoms with van der Waals surface area (Å²) in [6.07, 6.45) is 3.79. The third-order valence-corrected chi connectivity index (χ3v) is 3.49. The summed E-state index contributed by atoms with van der Waals surface area (Å²) >= 11 is 0. The predicted molar refractivity (Wildman–Crippen MR) is 78.5 cm³/mol. The number of amidine groups is 1. The average Bonchev–Trinajstić information content (AvgIpc) is 3.11. The third-order valence-electron chi connectivity index (χ3n) is 3.49. The number of rotatable bonds is 4. The van der Waals surface area contributed by atoms with Gasteiger partial charge in [0.25, 0.3) is 0 Å². The number of imidazole rings is 1. The van der Waals surface area contributed by atoms with E-state index >= 15 is 0 Å². The number of aromatic nitrogens is 2.